The van der Waals surface area contributed by atoms with Crippen LogP contribution in [0.4, 0.5) is 0 Å². The number of thioether (sulfide) groups is 1. The number of aromatic hydroxyl groups is 1. The molecule has 1 unspecified atom stereocenters. The van der Waals surface area contributed by atoms with E-state index in [1.54, 1.807) is 12.1 Å². The van der Waals surface area contributed by atoms with Gasteiger partial charge in [-0.1, -0.05) is 12.1 Å². The lowest BCUT2D eigenvalue weighted by molar-refractivity contribution is 0.474. The highest BCUT2D eigenvalue weighted by molar-refractivity contribution is 7.99. The Morgan fingerprint density at radius 2 is 2.12 bits per heavy atom. The number of hydrogen-bond donors (Lipinski definition) is 2. The zero-order valence-corrected chi connectivity index (χ0v) is 10.3. The molecular weight excluding hydrogens is 218 g/mol. The third-order valence-electron chi connectivity index (χ3n) is 2.94. The maximum absolute atomic E-state index is 9.17. The summed E-state index contributed by atoms with van der Waals surface area (Å²) in [4.78, 5) is 0. The molecule has 16 heavy (non-hydrogen) atoms. The Bertz CT molecular complexity index is 306. The van der Waals surface area contributed by atoms with Gasteiger partial charge in [0.2, 0.25) is 0 Å². The van der Waals surface area contributed by atoms with E-state index in [1.807, 2.05) is 12.1 Å². The smallest absolute Gasteiger partial charge is 0.115 e. The van der Waals surface area contributed by atoms with Gasteiger partial charge in [0.1, 0.15) is 5.75 Å². The second-order valence-corrected chi connectivity index (χ2v) is 5.43. The summed E-state index contributed by atoms with van der Waals surface area (Å²) in [5, 5.41) is 12.8. The third kappa shape index (κ3) is 3.72. The summed E-state index contributed by atoms with van der Waals surface area (Å²) >= 11 is 2.06. The van der Waals surface area contributed by atoms with Gasteiger partial charge in [-0.3, -0.25) is 0 Å². The molecule has 88 valence electrons. The van der Waals surface area contributed by atoms with Gasteiger partial charge in [-0.15, -0.1) is 0 Å². The minimum Gasteiger partial charge on any atom is -0.508 e. The van der Waals surface area contributed by atoms with Crippen LogP contribution in [0.5, 0.6) is 5.75 Å². The van der Waals surface area contributed by atoms with Gasteiger partial charge in [0.15, 0.2) is 0 Å². The fraction of sp³-hybridized carbons (Fsp3) is 0.538. The first-order chi connectivity index (χ1) is 7.84. The van der Waals surface area contributed by atoms with Crippen LogP contribution in [0.1, 0.15) is 18.4 Å². The van der Waals surface area contributed by atoms with Crippen LogP contribution < -0.4 is 5.32 Å². The van der Waals surface area contributed by atoms with E-state index >= 15 is 0 Å². The monoisotopic (exact) mass is 237 g/mol. The molecule has 0 bridgehead atoms. The van der Waals surface area contributed by atoms with Gasteiger partial charge in [0.05, 0.1) is 0 Å². The van der Waals surface area contributed by atoms with Crippen molar-refractivity contribution < 1.29 is 5.11 Å². The molecule has 0 radical (unpaired) electrons. The lowest BCUT2D eigenvalue weighted by atomic mass is 10.1. The summed E-state index contributed by atoms with van der Waals surface area (Å²) in [6, 6.07) is 8.20. The molecule has 2 N–H and O–H groups in total. The van der Waals surface area contributed by atoms with Crippen LogP contribution >= 0.6 is 11.8 Å². The van der Waals surface area contributed by atoms with Crippen molar-refractivity contribution in [2.45, 2.75) is 25.3 Å². The van der Waals surface area contributed by atoms with Gasteiger partial charge < -0.3 is 10.4 Å². The fourth-order valence-electron chi connectivity index (χ4n) is 1.98. The number of hydrogen-bond acceptors (Lipinski definition) is 3. The summed E-state index contributed by atoms with van der Waals surface area (Å²) in [7, 11) is 0. The van der Waals surface area contributed by atoms with E-state index in [0.717, 1.165) is 13.0 Å². The summed E-state index contributed by atoms with van der Waals surface area (Å²) in [6.07, 6.45) is 3.71. The molecule has 1 fully saturated rings. The molecule has 1 atom stereocenters. The zero-order valence-electron chi connectivity index (χ0n) is 9.48. The molecule has 1 aliphatic heterocycles. The predicted octanol–water partition coefficient (Wildman–Crippen LogP) is 2.42. The number of benzene rings is 1. The maximum atomic E-state index is 9.17. The van der Waals surface area contributed by atoms with Crippen molar-refractivity contribution in [3.63, 3.8) is 0 Å². The number of rotatable bonds is 4. The van der Waals surface area contributed by atoms with Crippen LogP contribution in [-0.2, 0) is 6.42 Å². The topological polar surface area (TPSA) is 32.3 Å². The molecule has 0 aromatic heterocycles. The predicted molar refractivity (Wildman–Crippen MR) is 70.2 cm³/mol. The van der Waals surface area contributed by atoms with Crippen LogP contribution in [0.25, 0.3) is 0 Å². The number of phenols is 1. The summed E-state index contributed by atoms with van der Waals surface area (Å²) in [5.74, 6) is 2.94. The summed E-state index contributed by atoms with van der Waals surface area (Å²) in [5.41, 5.74) is 1.29. The average Bonchev–Trinajstić information content (AvgIpc) is 2.33. The molecule has 1 saturated heterocycles. The van der Waals surface area contributed by atoms with Crippen molar-refractivity contribution >= 4 is 11.8 Å². The highest BCUT2D eigenvalue weighted by Gasteiger charge is 2.12. The molecule has 3 heteroatoms. The van der Waals surface area contributed by atoms with E-state index in [0.29, 0.717) is 11.8 Å². The summed E-state index contributed by atoms with van der Waals surface area (Å²) < 4.78 is 0. The average molecular weight is 237 g/mol. The van der Waals surface area contributed by atoms with Crippen molar-refractivity contribution in [2.24, 2.45) is 0 Å². The largest absolute Gasteiger partial charge is 0.508 e. The van der Waals surface area contributed by atoms with E-state index < -0.39 is 0 Å². The first-order valence-electron chi connectivity index (χ1n) is 5.93. The van der Waals surface area contributed by atoms with Crippen LogP contribution in [0, 0.1) is 0 Å². The highest BCUT2D eigenvalue weighted by Crippen LogP contribution is 2.17. The van der Waals surface area contributed by atoms with E-state index in [4.69, 9.17) is 5.11 Å². The highest BCUT2D eigenvalue weighted by atomic mass is 32.2. The maximum Gasteiger partial charge on any atom is 0.115 e. The first kappa shape index (κ1) is 11.8. The normalized spacial score (nSPS) is 20.9. The van der Waals surface area contributed by atoms with Gasteiger partial charge in [-0.25, -0.2) is 0 Å². The van der Waals surface area contributed by atoms with Gasteiger partial charge in [-0.05, 0) is 49.3 Å². The number of nitrogens with one attached hydrogen (secondary N) is 1. The van der Waals surface area contributed by atoms with Crippen molar-refractivity contribution in [1.82, 2.24) is 5.32 Å². The van der Waals surface area contributed by atoms with E-state index in [1.165, 1.54) is 29.9 Å². The van der Waals surface area contributed by atoms with E-state index in [2.05, 4.69) is 17.1 Å². The molecule has 2 rings (SSSR count). The Morgan fingerprint density at radius 1 is 1.31 bits per heavy atom. The lowest BCUT2D eigenvalue weighted by Gasteiger charge is -2.22. The van der Waals surface area contributed by atoms with Gasteiger partial charge in [-0.2, -0.15) is 11.8 Å². The van der Waals surface area contributed by atoms with Crippen molar-refractivity contribution in [3.05, 3.63) is 29.8 Å². The van der Waals surface area contributed by atoms with Crippen molar-refractivity contribution in [2.75, 3.05) is 18.1 Å². The second kappa shape index (κ2) is 6.16. The standard InChI is InChI=1S/C13H19NOS/c15-13-5-3-11(4-6-13)7-8-14-12-2-1-9-16-10-12/h3-6,12,14-15H,1-2,7-10H2. The Kier molecular flexibility index (Phi) is 4.55. The second-order valence-electron chi connectivity index (χ2n) is 4.28. The quantitative estimate of drug-likeness (QED) is 0.843. The van der Waals surface area contributed by atoms with Crippen LogP contribution in [0.2, 0.25) is 0 Å². The van der Waals surface area contributed by atoms with Gasteiger partial charge >= 0.3 is 0 Å². The zero-order chi connectivity index (χ0) is 11.2. The Balaban J connectivity index is 1.69. The lowest BCUT2D eigenvalue weighted by Crippen LogP contribution is -2.35. The van der Waals surface area contributed by atoms with Crippen molar-refractivity contribution in [3.8, 4) is 5.75 Å². The SMILES string of the molecule is Oc1ccc(CCNC2CCCSC2)cc1. The van der Waals surface area contributed by atoms with Gasteiger partial charge in [0.25, 0.3) is 0 Å². The minimum atomic E-state index is 0.348. The molecular formula is C13H19NOS. The minimum absolute atomic E-state index is 0.348. The Hall–Kier alpha value is -0.670. The molecule has 0 saturated carbocycles. The molecule has 1 heterocycles. The molecule has 0 spiro atoms. The third-order valence-corrected chi connectivity index (χ3v) is 4.16. The molecule has 1 aliphatic rings. The van der Waals surface area contributed by atoms with Crippen LogP contribution in [0.15, 0.2) is 24.3 Å². The fourth-order valence-corrected chi connectivity index (χ4v) is 3.09. The van der Waals surface area contributed by atoms with Crippen molar-refractivity contribution in [1.29, 1.82) is 0 Å². The Morgan fingerprint density at radius 3 is 2.81 bits per heavy atom. The molecule has 0 aliphatic carbocycles. The molecule has 1 aromatic rings. The van der Waals surface area contributed by atoms with Crippen LogP contribution in [-0.4, -0.2) is 29.2 Å². The molecule has 0 amide bonds. The summed E-state index contributed by atoms with van der Waals surface area (Å²) in [6.45, 7) is 1.04. The van der Waals surface area contributed by atoms with E-state index in [-0.39, 0.29) is 0 Å². The Labute approximate surface area is 101 Å². The number of phenolic OH excluding ortho intramolecular Hbond substituents is 1. The molecule has 1 aromatic carbocycles. The molecule has 2 nitrogen and oxygen atoms in total. The van der Waals surface area contributed by atoms with Gasteiger partial charge in [0, 0.05) is 11.8 Å². The first-order valence-corrected chi connectivity index (χ1v) is 7.09. The van der Waals surface area contributed by atoms with E-state index in [9.17, 15) is 0 Å². The van der Waals surface area contributed by atoms with Crippen LogP contribution in [0.3, 0.4) is 0 Å².